The number of benzene rings is 1. The second kappa shape index (κ2) is 5.49. The Hall–Kier alpha value is -2.15. The number of aromatic amines is 1. The molecule has 1 aromatic heterocycles. The van der Waals surface area contributed by atoms with Crippen LogP contribution in [0.4, 0.5) is 5.95 Å². The summed E-state index contributed by atoms with van der Waals surface area (Å²) >= 11 is 0. The fourth-order valence-corrected chi connectivity index (χ4v) is 4.46. The highest BCUT2D eigenvalue weighted by Gasteiger charge is 2.49. The molecule has 0 saturated heterocycles. The van der Waals surface area contributed by atoms with Crippen molar-refractivity contribution in [3.63, 3.8) is 0 Å². The molecule has 2 aromatic rings. The second-order valence-electron chi connectivity index (χ2n) is 7.08. The fourth-order valence-electron chi connectivity index (χ4n) is 4.46. The van der Waals surface area contributed by atoms with E-state index < -0.39 is 0 Å². The molecule has 0 bridgehead atoms. The first-order chi connectivity index (χ1) is 11.3. The van der Waals surface area contributed by atoms with E-state index in [2.05, 4.69) is 47.4 Å². The number of terminal acetylenes is 1. The lowest BCUT2D eigenvalue weighted by atomic mass is 9.56. The Bertz CT molecular complexity index is 780. The molecule has 3 aliphatic carbocycles. The van der Waals surface area contributed by atoms with Crippen LogP contribution in [0.1, 0.15) is 36.8 Å². The summed E-state index contributed by atoms with van der Waals surface area (Å²) in [6.45, 7) is 0. The van der Waals surface area contributed by atoms with Crippen LogP contribution in [0.2, 0.25) is 0 Å². The van der Waals surface area contributed by atoms with Gasteiger partial charge in [-0.15, -0.1) is 12.8 Å². The van der Waals surface area contributed by atoms with E-state index in [0.29, 0.717) is 6.04 Å². The van der Waals surface area contributed by atoms with Gasteiger partial charge in [-0.25, -0.2) is 4.98 Å². The van der Waals surface area contributed by atoms with Gasteiger partial charge in [0.1, 0.15) is 0 Å². The molecule has 118 valence electrons. The number of nitrogens with zero attached hydrogens (tertiary/aromatic N) is 2. The third-order valence-electron chi connectivity index (χ3n) is 5.93. The molecule has 3 unspecified atom stereocenters. The fraction of sp³-hybridized carbons (Fsp3) is 0.526. The van der Waals surface area contributed by atoms with Crippen LogP contribution >= 0.6 is 0 Å². The molecule has 2 N–H and O–H groups in total. The van der Waals surface area contributed by atoms with Crippen LogP contribution in [-0.4, -0.2) is 11.1 Å². The van der Waals surface area contributed by atoms with Gasteiger partial charge in [0.15, 0.2) is 17.7 Å². The highest BCUT2D eigenvalue weighted by Crippen LogP contribution is 2.50. The zero-order chi connectivity index (χ0) is 16.0. The predicted octanol–water partition coefficient (Wildman–Crippen LogP) is 1.82. The van der Waals surface area contributed by atoms with Crippen LogP contribution in [-0.2, 0) is 19.9 Å². The maximum Gasteiger partial charge on any atom is 0.456 e. The molecule has 4 nitrogen and oxygen atoms in total. The number of anilines is 1. The molecule has 5 rings (SSSR count). The minimum atomic E-state index is 0.638. The Morgan fingerprint density at radius 2 is 2.00 bits per heavy atom. The lowest BCUT2D eigenvalue weighted by Gasteiger charge is -2.51. The summed E-state index contributed by atoms with van der Waals surface area (Å²) in [5.74, 6) is 2.83. The van der Waals surface area contributed by atoms with Crippen molar-refractivity contribution in [1.82, 2.24) is 5.10 Å². The van der Waals surface area contributed by atoms with Crippen molar-refractivity contribution in [3.8, 4) is 12.8 Å². The normalized spacial score (nSPS) is 27.0. The van der Waals surface area contributed by atoms with E-state index in [-0.39, 0.29) is 0 Å². The van der Waals surface area contributed by atoms with Gasteiger partial charge in [-0.2, -0.15) is 0 Å². The van der Waals surface area contributed by atoms with Crippen LogP contribution in [0.25, 0.3) is 11.0 Å². The first-order valence-corrected chi connectivity index (χ1v) is 8.63. The largest absolute Gasteiger partial charge is 0.456 e. The van der Waals surface area contributed by atoms with E-state index in [4.69, 9.17) is 0 Å². The lowest BCUT2D eigenvalue weighted by Crippen LogP contribution is -2.53. The van der Waals surface area contributed by atoms with Crippen molar-refractivity contribution >= 4 is 17.0 Å². The Kier molecular flexibility index (Phi) is 3.45. The Morgan fingerprint density at radius 3 is 2.65 bits per heavy atom. The van der Waals surface area contributed by atoms with E-state index in [1.807, 2.05) is 4.68 Å². The lowest BCUT2D eigenvalue weighted by molar-refractivity contribution is -0.712. The molecule has 0 radical (unpaired) electrons. The van der Waals surface area contributed by atoms with E-state index in [1.165, 1.54) is 60.7 Å². The summed E-state index contributed by atoms with van der Waals surface area (Å²) in [7, 11) is 2.05. The first kappa shape index (κ1) is 14.4. The quantitative estimate of drug-likeness (QED) is 0.679. The number of nitrogens with one attached hydrogen (secondary N) is 2. The van der Waals surface area contributed by atoms with Crippen LogP contribution in [0.5, 0.6) is 0 Å². The third-order valence-corrected chi connectivity index (χ3v) is 5.93. The van der Waals surface area contributed by atoms with Gasteiger partial charge >= 0.3 is 5.95 Å². The number of hydrogen-bond acceptors (Lipinski definition) is 2. The Balaban J connectivity index is 0.000000652. The van der Waals surface area contributed by atoms with Crippen molar-refractivity contribution in [2.45, 2.75) is 44.6 Å². The van der Waals surface area contributed by atoms with Crippen molar-refractivity contribution in [2.75, 3.05) is 5.32 Å². The van der Waals surface area contributed by atoms with Gasteiger partial charge in [-0.05, 0) is 72.2 Å². The van der Waals surface area contributed by atoms with Gasteiger partial charge < -0.3 is 0 Å². The van der Waals surface area contributed by atoms with Crippen molar-refractivity contribution in [1.29, 1.82) is 0 Å². The summed E-state index contributed by atoms with van der Waals surface area (Å²) in [5, 5.41) is 8.31. The third kappa shape index (κ3) is 2.26. The molecule has 2 saturated carbocycles. The predicted molar refractivity (Wildman–Crippen MR) is 89.6 cm³/mol. The van der Waals surface area contributed by atoms with E-state index in [9.17, 15) is 0 Å². The minimum Gasteiger partial charge on any atom is -0.267 e. The van der Waals surface area contributed by atoms with Crippen molar-refractivity contribution in [2.24, 2.45) is 18.9 Å². The first-order valence-electron chi connectivity index (χ1n) is 8.63. The monoisotopic (exact) mass is 308 g/mol. The van der Waals surface area contributed by atoms with Gasteiger partial charge in [0.05, 0.1) is 6.04 Å². The molecule has 3 atom stereocenters. The molecular formula is C19H24N4+2. The molecule has 2 fully saturated rings. The standard InChI is InChI=1S/C17H21N4.C2H2/c1-21-16-9-11-4-2-3-10(11)7-15(16)19-17(20-21)18-14-8-12-5-6-13(12)14;1-2/h7,9,12-14H,2-6,8H2,1H3,(H,18,19,20);1-2H/q+1;/p+1. The van der Waals surface area contributed by atoms with Crippen molar-refractivity contribution < 1.29 is 9.67 Å². The smallest absolute Gasteiger partial charge is 0.267 e. The Labute approximate surface area is 137 Å². The number of fused-ring (bicyclic) bond motifs is 3. The summed E-state index contributed by atoms with van der Waals surface area (Å²) in [5.41, 5.74) is 5.43. The zero-order valence-corrected chi connectivity index (χ0v) is 13.7. The summed E-state index contributed by atoms with van der Waals surface area (Å²) in [6.07, 6.45) is 15.9. The average molecular weight is 308 g/mol. The topological polar surface area (TPSA) is 42.9 Å². The van der Waals surface area contributed by atoms with E-state index in [0.717, 1.165) is 17.8 Å². The summed E-state index contributed by atoms with van der Waals surface area (Å²) < 4.78 is 2.02. The summed E-state index contributed by atoms with van der Waals surface area (Å²) in [4.78, 5) is 3.51. The molecule has 0 aliphatic heterocycles. The highest BCUT2D eigenvalue weighted by molar-refractivity contribution is 5.70. The van der Waals surface area contributed by atoms with Gasteiger partial charge in [0.25, 0.3) is 5.52 Å². The molecule has 23 heavy (non-hydrogen) atoms. The van der Waals surface area contributed by atoms with Crippen molar-refractivity contribution in [3.05, 3.63) is 23.3 Å². The molecule has 0 amide bonds. The number of aryl methyl sites for hydroxylation is 3. The molecule has 0 spiro atoms. The van der Waals surface area contributed by atoms with E-state index in [1.54, 1.807) is 0 Å². The Morgan fingerprint density at radius 1 is 1.22 bits per heavy atom. The summed E-state index contributed by atoms with van der Waals surface area (Å²) in [6, 6.07) is 5.28. The van der Waals surface area contributed by atoms with Crippen LogP contribution in [0, 0.1) is 24.7 Å². The molecule has 4 heteroatoms. The van der Waals surface area contributed by atoms with Gasteiger partial charge in [-0.1, -0.05) is 0 Å². The van der Waals surface area contributed by atoms with Gasteiger partial charge in [0.2, 0.25) is 0 Å². The minimum absolute atomic E-state index is 0.638. The molecule has 1 aromatic carbocycles. The maximum absolute atomic E-state index is 4.68. The van der Waals surface area contributed by atoms with Crippen LogP contribution in [0.3, 0.4) is 0 Å². The zero-order valence-electron chi connectivity index (χ0n) is 13.7. The molecular weight excluding hydrogens is 284 g/mol. The molecule has 3 aliphatic rings. The number of aromatic nitrogens is 3. The van der Waals surface area contributed by atoms with Gasteiger partial charge in [-0.3, -0.25) is 5.32 Å². The van der Waals surface area contributed by atoms with Crippen LogP contribution < -0.4 is 15.0 Å². The molecule has 1 heterocycles. The number of hydrogen-bond donors (Lipinski definition) is 1. The average Bonchev–Trinajstić information content (AvgIpc) is 2.99. The number of rotatable bonds is 2. The van der Waals surface area contributed by atoms with Crippen LogP contribution in [0.15, 0.2) is 12.1 Å². The van der Waals surface area contributed by atoms with E-state index >= 15 is 0 Å². The highest BCUT2D eigenvalue weighted by atomic mass is 15.3. The maximum atomic E-state index is 4.68. The van der Waals surface area contributed by atoms with Gasteiger partial charge in [0, 0.05) is 6.07 Å². The number of H-pyrrole nitrogens is 1. The SMILES string of the molecule is C#C.C[n+]1nc(NC2CC3CCC32)[nH+]c2cc3c(cc21)CCC3. The second-order valence-corrected chi connectivity index (χ2v) is 7.08.